The minimum atomic E-state index is -0.600. The topological polar surface area (TPSA) is 94.7 Å². The van der Waals surface area contributed by atoms with Gasteiger partial charge in [0.1, 0.15) is 0 Å². The van der Waals surface area contributed by atoms with Gasteiger partial charge in [0.2, 0.25) is 11.7 Å². The number of ketones is 1. The van der Waals surface area contributed by atoms with Crippen molar-refractivity contribution in [2.75, 3.05) is 5.32 Å². The van der Waals surface area contributed by atoms with E-state index < -0.39 is 5.78 Å². The first-order chi connectivity index (χ1) is 6.63. The van der Waals surface area contributed by atoms with Crippen LogP contribution in [0.25, 0.3) is 0 Å². The summed E-state index contributed by atoms with van der Waals surface area (Å²) in [5.41, 5.74) is 0.774. The van der Waals surface area contributed by atoms with E-state index in [0.717, 1.165) is 0 Å². The summed E-state index contributed by atoms with van der Waals surface area (Å²) in [6.45, 7) is 1.37. The van der Waals surface area contributed by atoms with Crippen molar-refractivity contribution in [3.8, 4) is 0 Å². The second-order valence-electron chi connectivity index (χ2n) is 2.74. The molecule has 1 rings (SSSR count). The van der Waals surface area contributed by atoms with Gasteiger partial charge in [-0.15, -0.1) is 0 Å². The summed E-state index contributed by atoms with van der Waals surface area (Å²) in [6.07, 6.45) is 0.243. The molecule has 1 aromatic rings. The summed E-state index contributed by atoms with van der Waals surface area (Å²) in [4.78, 5) is 31.9. The molecule has 1 amide bonds. The van der Waals surface area contributed by atoms with E-state index in [9.17, 15) is 14.4 Å². The van der Waals surface area contributed by atoms with Crippen LogP contribution in [-0.4, -0.2) is 23.5 Å². The zero-order valence-electron chi connectivity index (χ0n) is 8.11. The highest BCUT2D eigenvalue weighted by Crippen LogP contribution is 2.10. The van der Waals surface area contributed by atoms with Crippen LogP contribution in [0.4, 0.5) is 5.69 Å². The van der Waals surface area contributed by atoms with E-state index in [1.807, 2.05) is 0 Å². The van der Waals surface area contributed by atoms with Crippen molar-refractivity contribution in [2.45, 2.75) is 6.92 Å². The molecule has 0 unspecified atom stereocenters. The largest absolute Gasteiger partial charge is 0.412 e. The van der Waals surface area contributed by atoms with Crippen LogP contribution < -0.4 is 5.32 Å². The third-order valence-electron chi connectivity index (χ3n) is 1.57. The highest BCUT2D eigenvalue weighted by atomic mass is 16.2. The number of hydrogen-bond acceptors (Lipinski definition) is 3. The first-order valence-corrected chi connectivity index (χ1v) is 4.00. The van der Waals surface area contributed by atoms with Crippen LogP contribution in [0.15, 0.2) is 24.3 Å². The van der Waals surface area contributed by atoms with E-state index in [2.05, 4.69) is 5.32 Å². The maximum Gasteiger partial charge on any atom is 0.225 e. The molecule has 0 aliphatic carbocycles. The van der Waals surface area contributed by atoms with Crippen molar-refractivity contribution >= 4 is 23.7 Å². The highest BCUT2D eigenvalue weighted by molar-refractivity contribution is 6.33. The fourth-order valence-electron chi connectivity index (χ4n) is 1.02. The van der Waals surface area contributed by atoms with E-state index in [0.29, 0.717) is 5.69 Å². The third kappa shape index (κ3) is 3.70. The molecule has 0 atom stereocenters. The summed E-state index contributed by atoms with van der Waals surface area (Å²) >= 11 is 0. The first-order valence-electron chi connectivity index (χ1n) is 4.00. The molecule has 0 aliphatic heterocycles. The molecule has 0 fully saturated rings. The number of amides is 1. The van der Waals surface area contributed by atoms with Crippen LogP contribution in [-0.2, 0) is 9.59 Å². The lowest BCUT2D eigenvalue weighted by Crippen LogP contribution is -2.07. The smallest absolute Gasteiger partial charge is 0.225 e. The van der Waals surface area contributed by atoms with Gasteiger partial charge < -0.3 is 10.8 Å². The number of hydrogen-bond donors (Lipinski definition) is 1. The Kier molecular flexibility index (Phi) is 4.90. The molecule has 5 nitrogen and oxygen atoms in total. The number of carbonyl (C=O) groups is 3. The molecule has 5 heteroatoms. The second kappa shape index (κ2) is 5.66. The van der Waals surface area contributed by atoms with Gasteiger partial charge in [0.25, 0.3) is 0 Å². The van der Waals surface area contributed by atoms with Crippen molar-refractivity contribution in [1.29, 1.82) is 0 Å². The minimum Gasteiger partial charge on any atom is -0.412 e. The van der Waals surface area contributed by atoms with E-state index >= 15 is 0 Å². The number of anilines is 1. The predicted octanol–water partition coefficient (Wildman–Crippen LogP) is 0.202. The number of Topliss-reactive ketones (excluding diaryl/α,β-unsaturated/α-hetero) is 1. The number of carbonyl (C=O) groups excluding carboxylic acids is 3. The quantitative estimate of drug-likeness (QED) is 0.437. The van der Waals surface area contributed by atoms with Crippen LogP contribution in [0.5, 0.6) is 0 Å². The average Bonchev–Trinajstić information content (AvgIpc) is 2.16. The van der Waals surface area contributed by atoms with Crippen LogP contribution in [0.3, 0.4) is 0 Å². The van der Waals surface area contributed by atoms with E-state index in [1.54, 1.807) is 12.1 Å². The minimum absolute atomic E-state index is 0. The van der Waals surface area contributed by atoms with Gasteiger partial charge in [-0.25, -0.2) is 0 Å². The first kappa shape index (κ1) is 13.0. The van der Waals surface area contributed by atoms with Crippen molar-refractivity contribution in [3.05, 3.63) is 29.8 Å². The number of benzene rings is 1. The zero-order valence-corrected chi connectivity index (χ0v) is 8.11. The highest BCUT2D eigenvalue weighted by Gasteiger charge is 2.04. The van der Waals surface area contributed by atoms with Gasteiger partial charge in [-0.1, -0.05) is 12.1 Å². The number of aldehydes is 1. The molecule has 1 aromatic carbocycles. The predicted molar refractivity (Wildman–Crippen MR) is 54.8 cm³/mol. The summed E-state index contributed by atoms with van der Waals surface area (Å²) < 4.78 is 0. The maximum absolute atomic E-state index is 11.0. The molecule has 0 saturated carbocycles. The molecular formula is C10H11NO4. The molecule has 3 N–H and O–H groups in total. The van der Waals surface area contributed by atoms with Crippen LogP contribution in [0.2, 0.25) is 0 Å². The monoisotopic (exact) mass is 209 g/mol. The Morgan fingerprint density at radius 1 is 1.33 bits per heavy atom. The Balaban J connectivity index is 0.00000196. The van der Waals surface area contributed by atoms with Gasteiger partial charge in [-0.05, 0) is 12.1 Å². The van der Waals surface area contributed by atoms with Gasteiger partial charge in [-0.2, -0.15) is 0 Å². The van der Waals surface area contributed by atoms with Gasteiger partial charge in [-0.3, -0.25) is 14.4 Å². The molecule has 0 aromatic heterocycles. The lowest BCUT2D eigenvalue weighted by molar-refractivity contribution is -0.114. The molecule has 0 aliphatic rings. The maximum atomic E-state index is 11.0. The Bertz CT molecular complexity index is 387. The lowest BCUT2D eigenvalue weighted by atomic mass is 10.1. The van der Waals surface area contributed by atoms with Crippen molar-refractivity contribution in [3.63, 3.8) is 0 Å². The van der Waals surface area contributed by atoms with E-state index in [4.69, 9.17) is 0 Å². The third-order valence-corrected chi connectivity index (χ3v) is 1.57. The molecule has 0 bridgehead atoms. The van der Waals surface area contributed by atoms with Crippen LogP contribution >= 0.6 is 0 Å². The molecule has 0 radical (unpaired) electrons. The molecule has 0 saturated heterocycles. The SMILES string of the molecule is CC(=O)Nc1cccc(C(=O)C=O)c1.O. The summed E-state index contributed by atoms with van der Waals surface area (Å²) in [6, 6.07) is 6.21. The number of rotatable bonds is 3. The standard InChI is InChI=1S/C10H9NO3.H2O/c1-7(13)11-9-4-2-3-8(5-9)10(14)6-12;/h2-6H,1H3,(H,11,13);1H2. The molecule has 80 valence electrons. The van der Waals surface area contributed by atoms with Gasteiger partial charge in [0.05, 0.1) is 0 Å². The average molecular weight is 209 g/mol. The summed E-state index contributed by atoms with van der Waals surface area (Å²) in [7, 11) is 0. The Morgan fingerprint density at radius 3 is 2.53 bits per heavy atom. The van der Waals surface area contributed by atoms with Gasteiger partial charge in [0, 0.05) is 18.2 Å². The second-order valence-corrected chi connectivity index (χ2v) is 2.74. The normalized spacial score (nSPS) is 8.60. The van der Waals surface area contributed by atoms with Gasteiger partial charge >= 0.3 is 0 Å². The number of nitrogens with one attached hydrogen (secondary N) is 1. The summed E-state index contributed by atoms with van der Waals surface area (Å²) in [5.74, 6) is -0.821. The molecule has 0 heterocycles. The molecule has 0 spiro atoms. The Morgan fingerprint density at radius 2 is 2.00 bits per heavy atom. The van der Waals surface area contributed by atoms with Crippen LogP contribution in [0.1, 0.15) is 17.3 Å². The summed E-state index contributed by atoms with van der Waals surface area (Å²) in [5, 5.41) is 2.52. The Hall–Kier alpha value is -2.01. The van der Waals surface area contributed by atoms with E-state index in [-0.39, 0.29) is 23.2 Å². The molecular weight excluding hydrogens is 198 g/mol. The fourth-order valence-corrected chi connectivity index (χ4v) is 1.02. The zero-order chi connectivity index (χ0) is 10.6. The fraction of sp³-hybridized carbons (Fsp3) is 0.100. The Labute approximate surface area is 86.4 Å². The van der Waals surface area contributed by atoms with Crippen molar-refractivity contribution in [1.82, 2.24) is 0 Å². The lowest BCUT2D eigenvalue weighted by Gasteiger charge is -2.02. The van der Waals surface area contributed by atoms with Gasteiger partial charge in [0.15, 0.2) is 6.29 Å². The molecule has 15 heavy (non-hydrogen) atoms. The van der Waals surface area contributed by atoms with E-state index in [1.165, 1.54) is 19.1 Å². The van der Waals surface area contributed by atoms with Crippen LogP contribution in [0, 0.1) is 0 Å². The van der Waals surface area contributed by atoms with Crippen molar-refractivity contribution < 1.29 is 19.9 Å². The van der Waals surface area contributed by atoms with Crippen molar-refractivity contribution in [2.24, 2.45) is 0 Å².